The second-order valence-electron chi connectivity index (χ2n) is 8.83. The molecule has 1 heterocycles. The van der Waals surface area contributed by atoms with Gasteiger partial charge in [-0.25, -0.2) is 0 Å². The molecule has 3 fully saturated rings. The van der Waals surface area contributed by atoms with Gasteiger partial charge in [0.15, 0.2) is 0 Å². The average Bonchev–Trinajstić information content (AvgIpc) is 3.34. The van der Waals surface area contributed by atoms with Crippen molar-refractivity contribution >= 4 is 33.2 Å². The highest BCUT2D eigenvalue weighted by atomic mass is 79.9. The maximum absolute atomic E-state index is 6.42. The number of hydrogen-bond acceptors (Lipinski definition) is 1. The molecule has 1 nitrogen and oxygen atoms in total. The van der Waals surface area contributed by atoms with E-state index in [1.807, 2.05) is 6.07 Å². The number of benzene rings is 2. The minimum atomic E-state index is 0.429. The molecule has 6 rings (SSSR count). The topological polar surface area (TPSA) is 12.0 Å². The lowest BCUT2D eigenvalue weighted by Gasteiger charge is -2.47. The molecule has 134 valence electrons. The molecule has 1 N–H and O–H groups in total. The van der Waals surface area contributed by atoms with Gasteiger partial charge in [0.2, 0.25) is 0 Å². The smallest absolute Gasteiger partial charge is 0.0550 e. The highest BCUT2D eigenvalue weighted by Gasteiger charge is 2.62. The molecular formula is C23H23BrClN. The van der Waals surface area contributed by atoms with Crippen molar-refractivity contribution in [1.82, 2.24) is 0 Å². The van der Waals surface area contributed by atoms with Gasteiger partial charge < -0.3 is 5.32 Å². The predicted molar refractivity (Wildman–Crippen MR) is 111 cm³/mol. The van der Waals surface area contributed by atoms with Gasteiger partial charge in [-0.2, -0.15) is 0 Å². The largest absolute Gasteiger partial charge is 0.378 e. The molecule has 0 spiro atoms. The molecule has 26 heavy (non-hydrogen) atoms. The second kappa shape index (κ2) is 5.75. The minimum absolute atomic E-state index is 0.429. The fourth-order valence-corrected chi connectivity index (χ4v) is 7.67. The summed E-state index contributed by atoms with van der Waals surface area (Å²) in [5.74, 6) is 5.09. The molecule has 3 aliphatic carbocycles. The van der Waals surface area contributed by atoms with E-state index in [1.54, 1.807) is 0 Å². The first-order valence-corrected chi connectivity index (χ1v) is 11.2. The molecule has 7 atom stereocenters. The first kappa shape index (κ1) is 16.0. The number of hydrogen-bond donors (Lipinski definition) is 1. The van der Waals surface area contributed by atoms with Crippen LogP contribution in [0.1, 0.15) is 48.8 Å². The van der Waals surface area contributed by atoms with Crippen LogP contribution in [0.4, 0.5) is 5.69 Å². The maximum atomic E-state index is 6.42. The SMILES string of the molecule is Clc1ccc2c(c1)[C@H]1[C@H]3C[C@H]([C@H]4CCC[C@H]43)[C@H]1[C@H](c1ccc(Br)cc1)N2. The Balaban J connectivity index is 1.50. The van der Waals surface area contributed by atoms with Gasteiger partial charge in [-0.3, -0.25) is 0 Å². The number of nitrogens with one attached hydrogen (secondary N) is 1. The number of rotatable bonds is 1. The van der Waals surface area contributed by atoms with Crippen LogP contribution in [0.2, 0.25) is 5.02 Å². The molecule has 4 aliphatic rings. The molecule has 1 aliphatic heterocycles. The van der Waals surface area contributed by atoms with E-state index in [0.717, 1.165) is 33.2 Å². The van der Waals surface area contributed by atoms with Gasteiger partial charge in [0.1, 0.15) is 0 Å². The summed E-state index contributed by atoms with van der Waals surface area (Å²) in [7, 11) is 0. The summed E-state index contributed by atoms with van der Waals surface area (Å²) in [5.41, 5.74) is 4.24. The summed E-state index contributed by atoms with van der Waals surface area (Å²) >= 11 is 10.0. The number of fused-ring (bicyclic) bond motifs is 10. The zero-order valence-electron chi connectivity index (χ0n) is 14.7. The highest BCUT2D eigenvalue weighted by Crippen LogP contribution is 2.70. The third-order valence-electron chi connectivity index (χ3n) is 7.94. The Bertz CT molecular complexity index is 863. The lowest BCUT2D eigenvalue weighted by Crippen LogP contribution is -2.40. The van der Waals surface area contributed by atoms with Gasteiger partial charge in [0.25, 0.3) is 0 Å². The molecule has 0 saturated heterocycles. The van der Waals surface area contributed by atoms with Gasteiger partial charge in [-0.1, -0.05) is 46.1 Å². The van der Waals surface area contributed by atoms with E-state index in [0.29, 0.717) is 17.9 Å². The molecule has 0 amide bonds. The Hall–Kier alpha value is -0.990. The van der Waals surface area contributed by atoms with Crippen LogP contribution in [0.25, 0.3) is 0 Å². The minimum Gasteiger partial charge on any atom is -0.378 e. The first-order valence-electron chi connectivity index (χ1n) is 10.0. The maximum Gasteiger partial charge on any atom is 0.0550 e. The first-order chi connectivity index (χ1) is 12.7. The van der Waals surface area contributed by atoms with Crippen molar-refractivity contribution < 1.29 is 0 Å². The van der Waals surface area contributed by atoms with Gasteiger partial charge in [-0.15, -0.1) is 0 Å². The quantitative estimate of drug-likeness (QED) is 0.514. The monoisotopic (exact) mass is 427 g/mol. The summed E-state index contributed by atoms with van der Waals surface area (Å²) in [5, 5.41) is 4.81. The van der Waals surface area contributed by atoms with E-state index in [-0.39, 0.29) is 0 Å². The van der Waals surface area contributed by atoms with Crippen LogP contribution in [-0.4, -0.2) is 0 Å². The summed E-state index contributed by atoms with van der Waals surface area (Å²) in [6, 6.07) is 15.9. The summed E-state index contributed by atoms with van der Waals surface area (Å²) < 4.78 is 1.16. The third-order valence-corrected chi connectivity index (χ3v) is 8.70. The van der Waals surface area contributed by atoms with Crippen molar-refractivity contribution in [2.45, 2.75) is 37.6 Å². The Morgan fingerprint density at radius 2 is 1.69 bits per heavy atom. The van der Waals surface area contributed by atoms with E-state index < -0.39 is 0 Å². The normalized spacial score (nSPS) is 39.2. The fraction of sp³-hybridized carbons (Fsp3) is 0.478. The summed E-state index contributed by atoms with van der Waals surface area (Å²) in [4.78, 5) is 0. The van der Waals surface area contributed by atoms with E-state index >= 15 is 0 Å². The van der Waals surface area contributed by atoms with Crippen LogP contribution >= 0.6 is 27.5 Å². The summed E-state index contributed by atoms with van der Waals surface area (Å²) in [6.45, 7) is 0. The average molecular weight is 429 g/mol. The molecule has 0 aromatic heterocycles. The van der Waals surface area contributed by atoms with Crippen LogP contribution < -0.4 is 5.32 Å². The molecule has 2 aromatic carbocycles. The van der Waals surface area contributed by atoms with E-state index in [4.69, 9.17) is 11.6 Å². The standard InChI is InChI=1S/C23H23BrClN/c24-13-6-4-12(5-7-13)23-22-18-11-17(15-2-1-3-16(15)18)21(22)19-10-14(25)8-9-20(19)26-23/h4-10,15-18,21-23,26H,1-3,11H2/t15-,16+,17+,18-,21-,22-,23+/m1/s1. The molecule has 2 bridgehead atoms. The van der Waals surface area contributed by atoms with Crippen molar-refractivity contribution in [2.75, 3.05) is 5.32 Å². The van der Waals surface area contributed by atoms with Gasteiger partial charge in [-0.05, 0) is 96.2 Å². The van der Waals surface area contributed by atoms with Crippen LogP contribution in [0.15, 0.2) is 46.9 Å². The summed E-state index contributed by atoms with van der Waals surface area (Å²) in [6.07, 6.45) is 5.80. The Morgan fingerprint density at radius 1 is 0.923 bits per heavy atom. The molecular weight excluding hydrogens is 406 g/mol. The number of halogens is 2. The van der Waals surface area contributed by atoms with Crippen molar-refractivity contribution in [3.63, 3.8) is 0 Å². The van der Waals surface area contributed by atoms with E-state index in [1.165, 1.54) is 42.5 Å². The lowest BCUT2D eigenvalue weighted by molar-refractivity contribution is 0.140. The van der Waals surface area contributed by atoms with Crippen molar-refractivity contribution in [2.24, 2.45) is 29.6 Å². The van der Waals surface area contributed by atoms with Crippen LogP contribution in [0.5, 0.6) is 0 Å². The lowest BCUT2D eigenvalue weighted by atomic mass is 9.62. The number of anilines is 1. The van der Waals surface area contributed by atoms with E-state index in [9.17, 15) is 0 Å². The molecule has 2 aromatic rings. The zero-order valence-corrected chi connectivity index (χ0v) is 17.0. The second-order valence-corrected chi connectivity index (χ2v) is 10.2. The zero-order chi connectivity index (χ0) is 17.4. The van der Waals surface area contributed by atoms with Gasteiger partial charge in [0.05, 0.1) is 6.04 Å². The van der Waals surface area contributed by atoms with Gasteiger partial charge in [0, 0.05) is 15.2 Å². The predicted octanol–water partition coefficient (Wildman–Crippen LogP) is 7.04. The molecule has 3 saturated carbocycles. The highest BCUT2D eigenvalue weighted by molar-refractivity contribution is 9.10. The van der Waals surface area contributed by atoms with E-state index in [2.05, 4.69) is 57.6 Å². The van der Waals surface area contributed by atoms with Crippen LogP contribution in [-0.2, 0) is 0 Å². The van der Waals surface area contributed by atoms with Crippen molar-refractivity contribution in [3.8, 4) is 0 Å². The van der Waals surface area contributed by atoms with Crippen molar-refractivity contribution in [1.29, 1.82) is 0 Å². The Labute approximate surface area is 168 Å². The molecule has 3 heteroatoms. The fourth-order valence-electron chi connectivity index (χ4n) is 7.22. The van der Waals surface area contributed by atoms with Gasteiger partial charge >= 0.3 is 0 Å². The van der Waals surface area contributed by atoms with Crippen molar-refractivity contribution in [3.05, 3.63) is 63.1 Å². The molecule has 0 unspecified atom stereocenters. The Morgan fingerprint density at radius 3 is 2.50 bits per heavy atom. The third kappa shape index (κ3) is 2.15. The van der Waals surface area contributed by atoms with Crippen LogP contribution in [0, 0.1) is 29.6 Å². The van der Waals surface area contributed by atoms with Crippen LogP contribution in [0.3, 0.4) is 0 Å². The molecule has 0 radical (unpaired) electrons. The Kier molecular flexibility index (Phi) is 3.54.